The molecule has 0 fully saturated rings. The van der Waals surface area contributed by atoms with E-state index in [-0.39, 0.29) is 5.91 Å². The van der Waals surface area contributed by atoms with E-state index < -0.39 is 0 Å². The Morgan fingerprint density at radius 3 is 2.30 bits per heavy atom. The van der Waals surface area contributed by atoms with Crippen molar-refractivity contribution in [2.24, 2.45) is 0 Å². The maximum absolute atomic E-state index is 12.1. The van der Waals surface area contributed by atoms with E-state index in [1.807, 2.05) is 55.0 Å². The number of rotatable bonds is 7. The predicted molar refractivity (Wildman–Crippen MR) is 100 cm³/mol. The number of carbonyl (C=O) groups is 1. The molecule has 0 unspecified atom stereocenters. The number of amides is 1. The van der Waals surface area contributed by atoms with Crippen LogP contribution in [-0.4, -0.2) is 32.3 Å². The lowest BCUT2D eigenvalue weighted by molar-refractivity contribution is 0.0956. The zero-order valence-corrected chi connectivity index (χ0v) is 14.8. The molecule has 0 atom stereocenters. The molecule has 0 heterocycles. The van der Waals surface area contributed by atoms with Gasteiger partial charge in [0.2, 0.25) is 0 Å². The number of benzene rings is 2. The molecule has 0 saturated heterocycles. The normalized spacial score (nSPS) is 10.4. The second-order valence-corrected chi connectivity index (χ2v) is 6.84. The quantitative estimate of drug-likeness (QED) is 0.786. The van der Waals surface area contributed by atoms with Crippen molar-refractivity contribution in [3.8, 4) is 0 Å². The van der Waals surface area contributed by atoms with E-state index in [2.05, 4.69) is 36.5 Å². The molecule has 0 aromatic heterocycles. The average Bonchev–Trinajstić information content (AvgIpc) is 2.56. The second kappa shape index (κ2) is 8.63. The van der Waals surface area contributed by atoms with Crippen molar-refractivity contribution < 1.29 is 4.79 Å². The second-order valence-electron chi connectivity index (χ2n) is 5.74. The summed E-state index contributed by atoms with van der Waals surface area (Å²) in [4.78, 5) is 14.1. The Morgan fingerprint density at radius 2 is 1.70 bits per heavy atom. The van der Waals surface area contributed by atoms with Crippen LogP contribution < -0.4 is 10.2 Å². The van der Waals surface area contributed by atoms with Crippen molar-refractivity contribution in [1.82, 2.24) is 5.32 Å². The number of nitrogens with one attached hydrogen (secondary N) is 1. The van der Waals surface area contributed by atoms with E-state index in [0.717, 1.165) is 17.2 Å². The first-order valence-electron chi connectivity index (χ1n) is 7.75. The summed E-state index contributed by atoms with van der Waals surface area (Å²) >= 11 is 1.83. The first kappa shape index (κ1) is 17.4. The Morgan fingerprint density at radius 1 is 1.04 bits per heavy atom. The number of hydrogen-bond donors (Lipinski definition) is 1. The molecule has 3 nitrogen and oxygen atoms in total. The van der Waals surface area contributed by atoms with Gasteiger partial charge in [-0.15, -0.1) is 0 Å². The minimum absolute atomic E-state index is 0.00811. The first-order valence-corrected chi connectivity index (χ1v) is 8.90. The first-order chi connectivity index (χ1) is 11.1. The van der Waals surface area contributed by atoms with Crippen LogP contribution in [0.2, 0.25) is 0 Å². The highest BCUT2D eigenvalue weighted by atomic mass is 32.2. The van der Waals surface area contributed by atoms with E-state index in [9.17, 15) is 4.79 Å². The molecule has 4 heteroatoms. The molecule has 23 heavy (non-hydrogen) atoms. The number of thioether (sulfide) groups is 1. The molecule has 0 saturated carbocycles. The molecule has 0 bridgehead atoms. The lowest BCUT2D eigenvalue weighted by atomic mass is 10.2. The molecule has 122 valence electrons. The maximum Gasteiger partial charge on any atom is 0.251 e. The van der Waals surface area contributed by atoms with Crippen LogP contribution >= 0.6 is 11.8 Å². The van der Waals surface area contributed by atoms with Crippen molar-refractivity contribution in [3.63, 3.8) is 0 Å². The van der Waals surface area contributed by atoms with Crippen molar-refractivity contribution in [1.29, 1.82) is 0 Å². The van der Waals surface area contributed by atoms with Gasteiger partial charge in [0, 0.05) is 43.4 Å². The lowest BCUT2D eigenvalue weighted by Crippen LogP contribution is -2.25. The van der Waals surface area contributed by atoms with Gasteiger partial charge in [0.05, 0.1) is 0 Å². The molecular weight excluding hydrogens is 304 g/mol. The SMILES string of the molecule is Cc1ccc(CSCCNC(=O)c2ccc(N(C)C)cc2)cc1. The third-order valence-electron chi connectivity index (χ3n) is 3.57. The number of aryl methyl sites for hydroxylation is 1. The van der Waals surface area contributed by atoms with Crippen LogP contribution in [-0.2, 0) is 5.75 Å². The van der Waals surface area contributed by atoms with Gasteiger partial charge in [-0.05, 0) is 36.8 Å². The topological polar surface area (TPSA) is 32.3 Å². The molecule has 0 aliphatic rings. The summed E-state index contributed by atoms with van der Waals surface area (Å²) in [6, 6.07) is 16.2. The zero-order valence-electron chi connectivity index (χ0n) is 14.0. The molecule has 0 aliphatic carbocycles. The molecule has 2 aromatic rings. The summed E-state index contributed by atoms with van der Waals surface area (Å²) in [5.74, 6) is 1.88. The summed E-state index contributed by atoms with van der Waals surface area (Å²) in [6.07, 6.45) is 0. The number of carbonyl (C=O) groups excluding carboxylic acids is 1. The van der Waals surface area contributed by atoms with Gasteiger partial charge in [0.15, 0.2) is 0 Å². The standard InChI is InChI=1S/C19H24N2OS/c1-15-4-6-16(7-5-15)14-23-13-12-20-19(22)17-8-10-18(11-9-17)21(2)3/h4-11H,12-14H2,1-3H3,(H,20,22). The van der Waals surface area contributed by atoms with Gasteiger partial charge < -0.3 is 10.2 Å². The van der Waals surface area contributed by atoms with Gasteiger partial charge in [0.25, 0.3) is 5.91 Å². The van der Waals surface area contributed by atoms with Crippen LogP contribution in [0.1, 0.15) is 21.5 Å². The molecule has 1 amide bonds. The average molecular weight is 328 g/mol. The van der Waals surface area contributed by atoms with Gasteiger partial charge in [-0.1, -0.05) is 29.8 Å². The monoisotopic (exact) mass is 328 g/mol. The summed E-state index contributed by atoms with van der Waals surface area (Å²) in [6.45, 7) is 2.78. The Bertz CT molecular complexity index is 621. The summed E-state index contributed by atoms with van der Waals surface area (Å²) in [5, 5.41) is 2.97. The number of nitrogens with zero attached hydrogens (tertiary/aromatic N) is 1. The minimum Gasteiger partial charge on any atom is -0.378 e. The van der Waals surface area contributed by atoms with Crippen molar-refractivity contribution >= 4 is 23.4 Å². The fraction of sp³-hybridized carbons (Fsp3) is 0.316. The van der Waals surface area contributed by atoms with Crippen molar-refractivity contribution in [2.45, 2.75) is 12.7 Å². The van der Waals surface area contributed by atoms with Crippen LogP contribution in [0.3, 0.4) is 0 Å². The molecule has 1 N–H and O–H groups in total. The smallest absolute Gasteiger partial charge is 0.251 e. The van der Waals surface area contributed by atoms with Gasteiger partial charge in [0.1, 0.15) is 0 Å². The molecule has 0 radical (unpaired) electrons. The highest BCUT2D eigenvalue weighted by Crippen LogP contribution is 2.13. The van der Waals surface area contributed by atoms with Gasteiger partial charge >= 0.3 is 0 Å². The fourth-order valence-electron chi connectivity index (χ4n) is 2.12. The molecule has 0 aliphatic heterocycles. The Kier molecular flexibility index (Phi) is 6.53. The maximum atomic E-state index is 12.1. The summed E-state index contributed by atoms with van der Waals surface area (Å²) in [7, 11) is 3.97. The van der Waals surface area contributed by atoms with Crippen LogP contribution in [0.15, 0.2) is 48.5 Å². The van der Waals surface area contributed by atoms with Gasteiger partial charge in [-0.3, -0.25) is 4.79 Å². The van der Waals surface area contributed by atoms with Crippen LogP contribution in [0.4, 0.5) is 5.69 Å². The molecular formula is C19H24N2OS. The number of anilines is 1. The third kappa shape index (κ3) is 5.64. The highest BCUT2D eigenvalue weighted by Gasteiger charge is 2.05. The van der Waals surface area contributed by atoms with Crippen LogP contribution in [0.5, 0.6) is 0 Å². The van der Waals surface area contributed by atoms with Crippen LogP contribution in [0.25, 0.3) is 0 Å². The highest BCUT2D eigenvalue weighted by molar-refractivity contribution is 7.98. The van der Waals surface area contributed by atoms with E-state index in [1.54, 1.807) is 0 Å². The summed E-state index contributed by atoms with van der Waals surface area (Å²) in [5.41, 5.74) is 4.41. The Labute approximate surface area is 143 Å². The molecule has 2 aromatic carbocycles. The predicted octanol–water partition coefficient (Wildman–Crippen LogP) is 3.72. The largest absolute Gasteiger partial charge is 0.378 e. The zero-order chi connectivity index (χ0) is 16.7. The lowest BCUT2D eigenvalue weighted by Gasteiger charge is -2.12. The van der Waals surface area contributed by atoms with Crippen molar-refractivity contribution in [3.05, 3.63) is 65.2 Å². The summed E-state index contributed by atoms with van der Waals surface area (Å²) < 4.78 is 0. The molecule has 0 spiro atoms. The fourth-order valence-corrected chi connectivity index (χ4v) is 2.94. The van der Waals surface area contributed by atoms with Crippen molar-refractivity contribution in [2.75, 3.05) is 31.3 Å². The molecule has 2 rings (SSSR count). The Hall–Kier alpha value is -1.94. The third-order valence-corrected chi connectivity index (χ3v) is 4.60. The van der Waals surface area contributed by atoms with E-state index >= 15 is 0 Å². The van der Waals surface area contributed by atoms with E-state index in [0.29, 0.717) is 12.1 Å². The van der Waals surface area contributed by atoms with E-state index in [4.69, 9.17) is 0 Å². The van der Waals surface area contributed by atoms with E-state index in [1.165, 1.54) is 11.1 Å². The minimum atomic E-state index is -0.00811. The Balaban J connectivity index is 1.69. The number of hydrogen-bond acceptors (Lipinski definition) is 3. The van der Waals surface area contributed by atoms with Crippen LogP contribution in [0, 0.1) is 6.92 Å². The van der Waals surface area contributed by atoms with Gasteiger partial charge in [-0.25, -0.2) is 0 Å². The van der Waals surface area contributed by atoms with Gasteiger partial charge in [-0.2, -0.15) is 11.8 Å².